The number of fused-ring (bicyclic) bond motifs is 1. The highest BCUT2D eigenvalue weighted by atomic mass is 35.5. The fraction of sp³-hybridized carbons (Fsp3) is 0.130. The minimum atomic E-state index is -0.197. The molecule has 1 amide bonds. The number of benzene rings is 3. The first-order valence-corrected chi connectivity index (χ1v) is 10.5. The number of halogens is 1. The van der Waals surface area contributed by atoms with Crippen LogP contribution in [0.4, 0.5) is 5.13 Å². The van der Waals surface area contributed by atoms with Crippen molar-refractivity contribution in [2.75, 3.05) is 18.6 Å². The first-order chi connectivity index (χ1) is 14.6. The highest BCUT2D eigenvalue weighted by molar-refractivity contribution is 7.22. The van der Waals surface area contributed by atoms with Gasteiger partial charge in [0.15, 0.2) is 11.7 Å². The number of nitrogens with zero attached hydrogens (tertiary/aromatic N) is 2. The minimum Gasteiger partial charge on any atom is -0.497 e. The summed E-state index contributed by atoms with van der Waals surface area (Å²) >= 11 is 7.72. The smallest absolute Gasteiger partial charge is 0.267 e. The highest BCUT2D eigenvalue weighted by Crippen LogP contribution is 2.33. The Morgan fingerprint density at radius 3 is 2.57 bits per heavy atom. The van der Waals surface area contributed by atoms with Gasteiger partial charge in [-0.1, -0.05) is 65.4 Å². The van der Waals surface area contributed by atoms with E-state index in [1.807, 2.05) is 54.6 Å². The van der Waals surface area contributed by atoms with E-state index in [1.165, 1.54) is 11.3 Å². The van der Waals surface area contributed by atoms with Crippen LogP contribution in [0.15, 0.2) is 72.8 Å². The van der Waals surface area contributed by atoms with E-state index in [-0.39, 0.29) is 12.5 Å². The molecule has 1 aromatic heterocycles. The Bertz CT molecular complexity index is 1160. The number of hydrogen-bond acceptors (Lipinski definition) is 5. The van der Waals surface area contributed by atoms with E-state index in [1.54, 1.807) is 30.2 Å². The Morgan fingerprint density at radius 2 is 1.80 bits per heavy atom. The molecule has 0 fully saturated rings. The van der Waals surface area contributed by atoms with Gasteiger partial charge in [0.1, 0.15) is 17.0 Å². The number of rotatable bonds is 7. The molecule has 0 aliphatic heterocycles. The van der Waals surface area contributed by atoms with Crippen molar-refractivity contribution in [1.29, 1.82) is 0 Å². The number of methoxy groups -OCH3 is 1. The first kappa shape index (κ1) is 20.2. The van der Waals surface area contributed by atoms with Crippen molar-refractivity contribution in [1.82, 2.24) is 4.98 Å². The van der Waals surface area contributed by atoms with E-state index in [4.69, 9.17) is 21.1 Å². The Hall–Kier alpha value is -3.09. The summed E-state index contributed by atoms with van der Waals surface area (Å²) in [4.78, 5) is 19.4. The van der Waals surface area contributed by atoms with Crippen LogP contribution in [0.3, 0.4) is 0 Å². The van der Waals surface area contributed by atoms with Crippen LogP contribution in [0.1, 0.15) is 5.56 Å². The third-order valence-corrected chi connectivity index (χ3v) is 5.83. The van der Waals surface area contributed by atoms with E-state index < -0.39 is 0 Å². The van der Waals surface area contributed by atoms with Crippen molar-refractivity contribution in [2.24, 2.45) is 0 Å². The van der Waals surface area contributed by atoms with Gasteiger partial charge in [0.2, 0.25) is 0 Å². The van der Waals surface area contributed by atoms with Gasteiger partial charge in [-0.25, -0.2) is 4.98 Å². The summed E-state index contributed by atoms with van der Waals surface area (Å²) in [6.45, 7) is 0.266. The van der Waals surface area contributed by atoms with Gasteiger partial charge >= 0.3 is 0 Å². The molecule has 0 aliphatic rings. The van der Waals surface area contributed by atoms with Crippen LogP contribution >= 0.6 is 22.9 Å². The molecule has 0 unspecified atom stereocenters. The maximum atomic E-state index is 13.1. The predicted molar refractivity (Wildman–Crippen MR) is 121 cm³/mol. The third kappa shape index (κ3) is 4.56. The summed E-state index contributed by atoms with van der Waals surface area (Å²) < 4.78 is 11.9. The molecule has 0 atom stereocenters. The zero-order chi connectivity index (χ0) is 20.9. The van der Waals surface area contributed by atoms with Crippen LogP contribution in [-0.2, 0) is 11.3 Å². The maximum Gasteiger partial charge on any atom is 0.267 e. The van der Waals surface area contributed by atoms with Crippen LogP contribution in [0, 0.1) is 0 Å². The zero-order valence-corrected chi connectivity index (χ0v) is 17.8. The SMILES string of the molecule is COc1cccc(OCC(=O)N(Cc2ccccc2)c2nc3c(Cl)cccc3s2)c1. The maximum absolute atomic E-state index is 13.1. The Labute approximate surface area is 183 Å². The lowest BCUT2D eigenvalue weighted by Crippen LogP contribution is -2.34. The Morgan fingerprint density at radius 1 is 1.03 bits per heavy atom. The molecule has 0 saturated heterocycles. The van der Waals surface area contributed by atoms with Gasteiger partial charge in [-0.15, -0.1) is 0 Å². The number of para-hydroxylation sites is 1. The molecule has 152 valence electrons. The largest absolute Gasteiger partial charge is 0.497 e. The van der Waals surface area contributed by atoms with Gasteiger partial charge in [0.25, 0.3) is 5.91 Å². The molecule has 4 aromatic rings. The van der Waals surface area contributed by atoms with Crippen LogP contribution in [0.25, 0.3) is 10.2 Å². The lowest BCUT2D eigenvalue weighted by molar-refractivity contribution is -0.120. The van der Waals surface area contributed by atoms with Gasteiger partial charge in [0, 0.05) is 6.07 Å². The lowest BCUT2D eigenvalue weighted by atomic mass is 10.2. The molecule has 0 aliphatic carbocycles. The number of amides is 1. The molecular formula is C23H19ClN2O3S. The molecular weight excluding hydrogens is 420 g/mol. The summed E-state index contributed by atoms with van der Waals surface area (Å²) in [7, 11) is 1.59. The van der Waals surface area contributed by atoms with E-state index in [0.29, 0.717) is 33.7 Å². The summed E-state index contributed by atoms with van der Waals surface area (Å²) in [6.07, 6.45) is 0. The minimum absolute atomic E-state index is 0.121. The first-order valence-electron chi connectivity index (χ1n) is 9.30. The third-order valence-electron chi connectivity index (χ3n) is 4.48. The van der Waals surface area contributed by atoms with Gasteiger partial charge in [-0.05, 0) is 29.8 Å². The topological polar surface area (TPSA) is 51.7 Å². The summed E-state index contributed by atoms with van der Waals surface area (Å²) in [5.74, 6) is 1.04. The van der Waals surface area contributed by atoms with Crippen molar-refractivity contribution in [2.45, 2.75) is 6.54 Å². The van der Waals surface area contributed by atoms with Crippen LogP contribution in [0.5, 0.6) is 11.5 Å². The quantitative estimate of drug-likeness (QED) is 0.378. The second-order valence-electron chi connectivity index (χ2n) is 6.52. The van der Waals surface area contributed by atoms with E-state index in [2.05, 4.69) is 4.98 Å². The van der Waals surface area contributed by atoms with Gasteiger partial charge in [-0.3, -0.25) is 9.69 Å². The number of carbonyl (C=O) groups excluding carboxylic acids is 1. The average Bonchev–Trinajstić information content (AvgIpc) is 3.22. The number of carbonyl (C=O) groups is 1. The second kappa shape index (κ2) is 9.15. The van der Waals surface area contributed by atoms with E-state index in [9.17, 15) is 4.79 Å². The molecule has 30 heavy (non-hydrogen) atoms. The molecule has 0 N–H and O–H groups in total. The van der Waals surface area contributed by atoms with Crippen molar-refractivity contribution >= 4 is 44.2 Å². The molecule has 0 spiro atoms. The molecule has 0 bridgehead atoms. The number of aromatic nitrogens is 1. The standard InChI is InChI=1S/C23H19ClN2O3S/c1-28-17-9-5-10-18(13-17)29-15-21(27)26(14-16-7-3-2-4-8-16)23-25-22-19(24)11-6-12-20(22)30-23/h2-13H,14-15H2,1H3. The number of anilines is 1. The zero-order valence-electron chi connectivity index (χ0n) is 16.2. The van der Waals surface area contributed by atoms with Gasteiger partial charge in [0.05, 0.1) is 23.4 Å². The van der Waals surface area contributed by atoms with Gasteiger partial charge < -0.3 is 9.47 Å². The van der Waals surface area contributed by atoms with Crippen LogP contribution < -0.4 is 14.4 Å². The fourth-order valence-corrected chi connectivity index (χ4v) is 4.24. The summed E-state index contributed by atoms with van der Waals surface area (Å²) in [5.41, 5.74) is 1.69. The Balaban J connectivity index is 1.60. The fourth-order valence-electron chi connectivity index (χ4n) is 2.96. The molecule has 0 saturated carbocycles. The Kier molecular flexibility index (Phi) is 6.16. The highest BCUT2D eigenvalue weighted by Gasteiger charge is 2.21. The van der Waals surface area contributed by atoms with E-state index in [0.717, 1.165) is 10.3 Å². The van der Waals surface area contributed by atoms with Crippen molar-refractivity contribution in [3.05, 3.63) is 83.4 Å². The monoisotopic (exact) mass is 438 g/mol. The van der Waals surface area contributed by atoms with Gasteiger partial charge in [-0.2, -0.15) is 0 Å². The molecule has 4 rings (SSSR count). The van der Waals surface area contributed by atoms with Crippen molar-refractivity contribution in [3.63, 3.8) is 0 Å². The van der Waals surface area contributed by atoms with Crippen LogP contribution in [-0.4, -0.2) is 24.6 Å². The van der Waals surface area contributed by atoms with Crippen molar-refractivity contribution < 1.29 is 14.3 Å². The summed E-state index contributed by atoms with van der Waals surface area (Å²) in [5, 5.41) is 1.15. The van der Waals surface area contributed by atoms with Crippen LogP contribution in [0.2, 0.25) is 5.02 Å². The predicted octanol–water partition coefficient (Wildman–Crippen LogP) is 5.57. The number of ether oxygens (including phenoxy) is 2. The molecule has 7 heteroatoms. The van der Waals surface area contributed by atoms with Crippen molar-refractivity contribution in [3.8, 4) is 11.5 Å². The summed E-state index contributed by atoms with van der Waals surface area (Å²) in [6, 6.07) is 22.6. The second-order valence-corrected chi connectivity index (χ2v) is 7.93. The molecule has 0 radical (unpaired) electrons. The number of thiazole rings is 1. The number of hydrogen-bond donors (Lipinski definition) is 0. The normalized spacial score (nSPS) is 10.7. The molecule has 1 heterocycles. The lowest BCUT2D eigenvalue weighted by Gasteiger charge is -2.20. The molecule has 3 aromatic carbocycles. The van der Waals surface area contributed by atoms with E-state index >= 15 is 0 Å². The molecule has 5 nitrogen and oxygen atoms in total. The average molecular weight is 439 g/mol.